The number of nitrogens with zero attached hydrogens (tertiary/aromatic N) is 2. The molecule has 0 aliphatic carbocycles. The van der Waals surface area contributed by atoms with Gasteiger partial charge in [0.1, 0.15) is 0 Å². The lowest BCUT2D eigenvalue weighted by molar-refractivity contribution is 0.369. The van der Waals surface area contributed by atoms with Crippen LogP contribution in [0.2, 0.25) is 0 Å². The fourth-order valence-electron chi connectivity index (χ4n) is 5.40. The zero-order valence-corrected chi connectivity index (χ0v) is 23.5. The number of unbranched alkanes of at least 4 members (excludes halogenated alkanes) is 19. The van der Waals surface area contributed by atoms with E-state index in [1.807, 2.05) is 12.4 Å². The lowest BCUT2D eigenvalue weighted by atomic mass is 9.89. The maximum absolute atomic E-state index is 4.36. The molecule has 34 heavy (non-hydrogen) atoms. The summed E-state index contributed by atoms with van der Waals surface area (Å²) in [5.41, 5.74) is 0. The third-order valence-corrected chi connectivity index (χ3v) is 7.71. The molecule has 0 aromatic heterocycles. The summed E-state index contributed by atoms with van der Waals surface area (Å²) < 4.78 is 0. The van der Waals surface area contributed by atoms with E-state index in [0.29, 0.717) is 0 Å². The Morgan fingerprint density at radius 3 is 1.15 bits per heavy atom. The summed E-state index contributed by atoms with van der Waals surface area (Å²) in [5, 5.41) is 0. The van der Waals surface area contributed by atoms with Crippen molar-refractivity contribution in [2.45, 2.75) is 181 Å². The van der Waals surface area contributed by atoms with Gasteiger partial charge in [0.15, 0.2) is 12.4 Å². The molecule has 0 amide bonds. The fourth-order valence-corrected chi connectivity index (χ4v) is 5.40. The summed E-state index contributed by atoms with van der Waals surface area (Å²) in [6, 6.07) is 0. The zero-order valence-electron chi connectivity index (χ0n) is 23.5. The van der Waals surface area contributed by atoms with Crippen LogP contribution in [-0.2, 0) is 0 Å². The van der Waals surface area contributed by atoms with Gasteiger partial charge >= 0.3 is 0 Å². The van der Waals surface area contributed by atoms with Crippen LogP contribution < -0.4 is 0 Å². The molecule has 0 saturated carbocycles. The van der Waals surface area contributed by atoms with Crippen LogP contribution in [0.25, 0.3) is 0 Å². The van der Waals surface area contributed by atoms with Crippen LogP contribution in [0, 0.1) is 12.1 Å². The van der Waals surface area contributed by atoms with E-state index in [9.17, 15) is 0 Å². The van der Waals surface area contributed by atoms with Gasteiger partial charge in [0, 0.05) is 0 Å². The molecule has 198 valence electrons. The highest BCUT2D eigenvalue weighted by Crippen LogP contribution is 2.26. The van der Waals surface area contributed by atoms with Crippen molar-refractivity contribution >= 4 is 12.4 Å². The van der Waals surface area contributed by atoms with Gasteiger partial charge in [-0.15, -0.1) is 0 Å². The Kier molecular flexibility index (Phi) is 23.3. The Labute approximate surface area is 215 Å². The molecule has 1 rings (SSSR count). The SMILES string of the molecule is CCCCCCCCCCCCCC(CCCCCCCCCCCC)CCC[C+]1N=CC=N1. The van der Waals surface area contributed by atoms with Crippen LogP contribution in [0.5, 0.6) is 0 Å². The quantitative estimate of drug-likeness (QED) is 0.0836. The van der Waals surface area contributed by atoms with E-state index >= 15 is 0 Å². The zero-order chi connectivity index (χ0) is 24.4. The molecule has 0 aromatic carbocycles. The normalized spacial score (nSPS) is 13.9. The van der Waals surface area contributed by atoms with Gasteiger partial charge in [-0.05, 0) is 18.8 Å². The number of hydrogen-bond acceptors (Lipinski definition) is 2. The lowest BCUT2D eigenvalue weighted by Crippen LogP contribution is -2.02. The molecule has 0 radical (unpaired) electrons. The van der Waals surface area contributed by atoms with Crippen molar-refractivity contribution in [2.24, 2.45) is 15.9 Å². The molecule has 1 heterocycles. The van der Waals surface area contributed by atoms with Crippen LogP contribution in [-0.4, -0.2) is 12.4 Å². The molecule has 0 aromatic rings. The average Bonchev–Trinajstić information content (AvgIpc) is 3.37. The van der Waals surface area contributed by atoms with Gasteiger partial charge < -0.3 is 0 Å². The Hall–Kier alpha value is -0.790. The maximum Gasteiger partial charge on any atom is 0.240 e. The predicted octanol–water partition coefficient (Wildman–Crippen LogP) is 11.4. The van der Waals surface area contributed by atoms with Gasteiger partial charge in [0.25, 0.3) is 0 Å². The van der Waals surface area contributed by atoms with Gasteiger partial charge in [-0.1, -0.05) is 172 Å². The highest BCUT2D eigenvalue weighted by atomic mass is 15.0. The third-order valence-electron chi connectivity index (χ3n) is 7.71. The van der Waals surface area contributed by atoms with E-state index in [1.54, 1.807) is 0 Å². The minimum Gasteiger partial charge on any atom is -0.0968 e. The molecular weight excluding hydrogens is 412 g/mol. The maximum atomic E-state index is 4.36. The van der Waals surface area contributed by atoms with Crippen molar-refractivity contribution in [3.05, 3.63) is 6.17 Å². The second kappa shape index (κ2) is 25.3. The van der Waals surface area contributed by atoms with E-state index in [2.05, 4.69) is 23.8 Å². The molecule has 0 N–H and O–H groups in total. The van der Waals surface area contributed by atoms with Crippen LogP contribution in [0.4, 0.5) is 0 Å². The highest BCUT2D eigenvalue weighted by molar-refractivity contribution is 6.18. The van der Waals surface area contributed by atoms with E-state index in [-0.39, 0.29) is 0 Å². The first kappa shape index (κ1) is 31.2. The van der Waals surface area contributed by atoms with Crippen LogP contribution >= 0.6 is 0 Å². The molecule has 2 heteroatoms. The van der Waals surface area contributed by atoms with Crippen molar-refractivity contribution in [3.8, 4) is 0 Å². The molecule has 0 saturated heterocycles. The van der Waals surface area contributed by atoms with Crippen LogP contribution in [0.1, 0.15) is 181 Å². The second-order valence-corrected chi connectivity index (χ2v) is 11.0. The van der Waals surface area contributed by atoms with Crippen molar-refractivity contribution in [2.75, 3.05) is 0 Å². The van der Waals surface area contributed by atoms with Crippen molar-refractivity contribution in [3.63, 3.8) is 0 Å². The monoisotopic (exact) mass is 473 g/mol. The third kappa shape index (κ3) is 20.6. The Morgan fingerprint density at radius 1 is 0.441 bits per heavy atom. The highest BCUT2D eigenvalue weighted by Gasteiger charge is 2.17. The van der Waals surface area contributed by atoms with Gasteiger partial charge in [0.05, 0.1) is 6.42 Å². The first-order chi connectivity index (χ1) is 16.9. The number of rotatable bonds is 27. The van der Waals surface area contributed by atoms with Crippen LogP contribution in [0.3, 0.4) is 0 Å². The first-order valence-electron chi connectivity index (χ1n) is 15.8. The summed E-state index contributed by atoms with van der Waals surface area (Å²) in [7, 11) is 0. The summed E-state index contributed by atoms with van der Waals surface area (Å²) in [6.07, 6.45) is 41.7. The molecule has 1 aliphatic heterocycles. The number of aliphatic imine (C=N–C) groups is 2. The summed E-state index contributed by atoms with van der Waals surface area (Å²) in [6.45, 7) is 4.61. The minimum atomic E-state index is 0.933. The standard InChI is InChI=1S/C32H61N2/c1-3-5-7-9-11-13-15-17-19-21-23-26-31(27-24-28-32-33-29-30-34-32)25-22-20-18-16-14-12-10-8-6-4-2/h29-31H,3-28H2,1-2H3/q+1. The van der Waals surface area contributed by atoms with Crippen molar-refractivity contribution in [1.82, 2.24) is 0 Å². The predicted molar refractivity (Wildman–Crippen MR) is 155 cm³/mol. The van der Waals surface area contributed by atoms with E-state index < -0.39 is 0 Å². The molecule has 1 unspecified atom stereocenters. The molecule has 1 atom stereocenters. The van der Waals surface area contributed by atoms with Gasteiger partial charge in [-0.25, -0.2) is 0 Å². The molecule has 0 fully saturated rings. The van der Waals surface area contributed by atoms with Crippen LogP contribution in [0.15, 0.2) is 9.98 Å². The van der Waals surface area contributed by atoms with Gasteiger partial charge in [-0.3, -0.25) is 0 Å². The fraction of sp³-hybridized carbons (Fsp3) is 0.906. The summed E-state index contributed by atoms with van der Waals surface area (Å²) in [5.74, 6) is 0.933. The molecule has 1 aliphatic rings. The Balaban J connectivity index is 2.05. The molecule has 0 bridgehead atoms. The van der Waals surface area contributed by atoms with E-state index in [1.165, 1.54) is 161 Å². The van der Waals surface area contributed by atoms with Gasteiger partial charge in [-0.2, -0.15) is 0 Å². The molecule has 0 spiro atoms. The minimum absolute atomic E-state index is 0.933. The van der Waals surface area contributed by atoms with E-state index in [0.717, 1.165) is 18.5 Å². The average molecular weight is 474 g/mol. The Morgan fingerprint density at radius 2 is 0.765 bits per heavy atom. The van der Waals surface area contributed by atoms with Crippen molar-refractivity contribution < 1.29 is 0 Å². The molecular formula is C32H61N2+. The summed E-state index contributed by atoms with van der Waals surface area (Å²) >= 11 is 0. The largest absolute Gasteiger partial charge is 0.240 e. The van der Waals surface area contributed by atoms with E-state index in [4.69, 9.17) is 0 Å². The topological polar surface area (TPSA) is 24.7 Å². The Bertz CT molecular complexity index is 444. The van der Waals surface area contributed by atoms with Crippen molar-refractivity contribution in [1.29, 1.82) is 0 Å². The smallest absolute Gasteiger partial charge is 0.0968 e. The number of hydrogen-bond donors (Lipinski definition) is 0. The lowest BCUT2D eigenvalue weighted by Gasteiger charge is -2.17. The summed E-state index contributed by atoms with van der Waals surface area (Å²) in [4.78, 5) is 8.72. The second-order valence-electron chi connectivity index (χ2n) is 11.0. The first-order valence-corrected chi connectivity index (χ1v) is 15.8. The van der Waals surface area contributed by atoms with Gasteiger partial charge in [0.2, 0.25) is 6.17 Å². The molecule has 2 nitrogen and oxygen atoms in total.